The smallest absolute Gasteiger partial charge is 0.339 e. The lowest BCUT2D eigenvalue weighted by molar-refractivity contribution is -0.134. The number of rotatable bonds is 8. The van der Waals surface area contributed by atoms with Crippen molar-refractivity contribution in [3.63, 3.8) is 0 Å². The van der Waals surface area contributed by atoms with Gasteiger partial charge in [0.1, 0.15) is 0 Å². The highest BCUT2D eigenvalue weighted by molar-refractivity contribution is 5.98. The summed E-state index contributed by atoms with van der Waals surface area (Å²) in [6, 6.07) is 3.73. The van der Waals surface area contributed by atoms with Gasteiger partial charge in [0, 0.05) is 18.6 Å². The van der Waals surface area contributed by atoms with Gasteiger partial charge in [0.25, 0.3) is 11.8 Å². The highest BCUT2D eigenvalue weighted by Gasteiger charge is 2.24. The number of piperidine rings is 1. The predicted octanol–water partition coefficient (Wildman–Crippen LogP) is 2.65. The summed E-state index contributed by atoms with van der Waals surface area (Å²) in [7, 11) is 0. The quantitative estimate of drug-likeness (QED) is 0.552. The highest BCUT2D eigenvalue weighted by atomic mass is 16.5. The van der Waals surface area contributed by atoms with Gasteiger partial charge in [-0.05, 0) is 72.1 Å². The standard InChI is InChI=1S/C24H35N3O7/c1-6-32-19-14-17(10-11-18(19)33-15-20(28)27-12-8-7-9-13-27)22(30)34-16(2)21(29)25-23(31)26-24(3,4)5/h10-11,14,16H,6-9,12-13,15H2,1-5H3,(H2,25,26,29,31). The van der Waals surface area contributed by atoms with Crippen LogP contribution in [0.25, 0.3) is 0 Å². The first-order valence-electron chi connectivity index (χ1n) is 11.5. The molecule has 1 aliphatic rings. The minimum atomic E-state index is -1.20. The average Bonchev–Trinajstić information content (AvgIpc) is 2.77. The average molecular weight is 478 g/mol. The molecule has 1 aliphatic heterocycles. The van der Waals surface area contributed by atoms with Crippen molar-refractivity contribution in [3.8, 4) is 11.5 Å². The maximum atomic E-state index is 12.6. The number of benzene rings is 1. The zero-order chi connectivity index (χ0) is 25.3. The number of esters is 1. The van der Waals surface area contributed by atoms with E-state index in [1.165, 1.54) is 25.1 Å². The molecule has 10 nitrogen and oxygen atoms in total. The molecule has 1 heterocycles. The number of hydrogen-bond acceptors (Lipinski definition) is 7. The summed E-state index contributed by atoms with van der Waals surface area (Å²) in [4.78, 5) is 50.7. The van der Waals surface area contributed by atoms with Gasteiger partial charge in [-0.25, -0.2) is 9.59 Å². The summed E-state index contributed by atoms with van der Waals surface area (Å²) in [5, 5.41) is 4.73. The second kappa shape index (κ2) is 12.2. The minimum absolute atomic E-state index is 0.0963. The van der Waals surface area contributed by atoms with Gasteiger partial charge in [0.05, 0.1) is 12.2 Å². The molecule has 0 radical (unpaired) electrons. The van der Waals surface area contributed by atoms with E-state index in [0.717, 1.165) is 32.4 Å². The van der Waals surface area contributed by atoms with E-state index in [0.29, 0.717) is 12.4 Å². The summed E-state index contributed by atoms with van der Waals surface area (Å²) in [6.45, 7) is 10.1. The zero-order valence-corrected chi connectivity index (χ0v) is 20.6. The summed E-state index contributed by atoms with van der Waals surface area (Å²) < 4.78 is 16.4. The van der Waals surface area contributed by atoms with Gasteiger partial charge < -0.3 is 24.4 Å². The summed E-state index contributed by atoms with van der Waals surface area (Å²) in [5.41, 5.74) is -0.390. The molecule has 0 aliphatic carbocycles. The van der Waals surface area contributed by atoms with Gasteiger partial charge in [-0.15, -0.1) is 0 Å². The van der Waals surface area contributed by atoms with E-state index in [1.54, 1.807) is 32.6 Å². The van der Waals surface area contributed by atoms with Crippen molar-refractivity contribution < 1.29 is 33.4 Å². The Morgan fingerprint density at radius 1 is 1.03 bits per heavy atom. The molecular weight excluding hydrogens is 442 g/mol. The molecular formula is C24H35N3O7. The number of urea groups is 1. The first kappa shape index (κ1) is 26.9. The largest absolute Gasteiger partial charge is 0.490 e. The van der Waals surface area contributed by atoms with Crippen LogP contribution in [-0.4, -0.2) is 66.7 Å². The topological polar surface area (TPSA) is 123 Å². The molecule has 0 aromatic heterocycles. The first-order valence-corrected chi connectivity index (χ1v) is 11.5. The third kappa shape index (κ3) is 8.57. The highest BCUT2D eigenvalue weighted by Crippen LogP contribution is 2.29. The SMILES string of the molecule is CCOc1cc(C(=O)OC(C)C(=O)NC(=O)NC(C)(C)C)ccc1OCC(=O)N1CCCCC1. The number of carbonyl (C=O) groups is 4. The molecule has 0 spiro atoms. The number of likely N-dealkylation sites (tertiary alicyclic amines) is 1. The van der Waals surface area contributed by atoms with E-state index >= 15 is 0 Å². The molecule has 1 atom stereocenters. The van der Waals surface area contributed by atoms with Crippen molar-refractivity contribution >= 4 is 23.8 Å². The molecule has 188 valence electrons. The van der Waals surface area contributed by atoms with E-state index in [4.69, 9.17) is 14.2 Å². The van der Waals surface area contributed by atoms with Crippen LogP contribution in [-0.2, 0) is 14.3 Å². The molecule has 0 bridgehead atoms. The first-order chi connectivity index (χ1) is 16.0. The Morgan fingerprint density at radius 3 is 2.32 bits per heavy atom. The van der Waals surface area contributed by atoms with E-state index in [1.807, 2.05) is 0 Å². The van der Waals surface area contributed by atoms with Gasteiger partial charge in [-0.1, -0.05) is 0 Å². The van der Waals surface area contributed by atoms with Crippen LogP contribution in [0.5, 0.6) is 11.5 Å². The van der Waals surface area contributed by atoms with Crippen molar-refractivity contribution in [3.05, 3.63) is 23.8 Å². The van der Waals surface area contributed by atoms with Gasteiger partial charge in [-0.2, -0.15) is 0 Å². The van der Waals surface area contributed by atoms with E-state index in [-0.39, 0.29) is 23.8 Å². The van der Waals surface area contributed by atoms with Gasteiger partial charge in [0.2, 0.25) is 0 Å². The van der Waals surface area contributed by atoms with Gasteiger partial charge >= 0.3 is 12.0 Å². The molecule has 0 saturated carbocycles. The summed E-state index contributed by atoms with van der Waals surface area (Å²) in [5.74, 6) is -1.01. The van der Waals surface area contributed by atoms with Crippen LogP contribution in [0.3, 0.4) is 0 Å². The second-order valence-corrected chi connectivity index (χ2v) is 9.07. The number of nitrogens with zero attached hydrogens (tertiary/aromatic N) is 1. The Hall–Kier alpha value is -3.30. The fourth-order valence-corrected chi connectivity index (χ4v) is 3.26. The molecule has 4 amide bonds. The van der Waals surface area contributed by atoms with Crippen LogP contribution < -0.4 is 20.1 Å². The maximum Gasteiger partial charge on any atom is 0.339 e. The Kier molecular flexibility index (Phi) is 9.70. The monoisotopic (exact) mass is 477 g/mol. The van der Waals surface area contributed by atoms with Crippen LogP contribution in [0.4, 0.5) is 4.79 Å². The summed E-state index contributed by atoms with van der Waals surface area (Å²) in [6.07, 6.45) is 1.91. The molecule has 1 unspecified atom stereocenters. The Labute approximate surface area is 200 Å². The van der Waals surface area contributed by atoms with Crippen LogP contribution in [0.15, 0.2) is 18.2 Å². The minimum Gasteiger partial charge on any atom is -0.490 e. The van der Waals surface area contributed by atoms with Crippen molar-refractivity contribution in [2.45, 2.75) is 65.5 Å². The van der Waals surface area contributed by atoms with Crippen molar-refractivity contribution in [2.75, 3.05) is 26.3 Å². The third-order valence-corrected chi connectivity index (χ3v) is 4.92. The number of nitrogens with one attached hydrogen (secondary N) is 2. The van der Waals surface area contributed by atoms with E-state index < -0.39 is 29.6 Å². The Bertz CT molecular complexity index is 889. The molecule has 1 fully saturated rings. The fraction of sp³-hybridized carbons (Fsp3) is 0.583. The maximum absolute atomic E-state index is 12.6. The lowest BCUT2D eigenvalue weighted by Crippen LogP contribution is -2.50. The van der Waals surface area contributed by atoms with Crippen LogP contribution in [0.2, 0.25) is 0 Å². The molecule has 1 aromatic carbocycles. The molecule has 1 aromatic rings. The number of imide groups is 1. The number of ether oxygens (including phenoxy) is 3. The fourth-order valence-electron chi connectivity index (χ4n) is 3.26. The molecule has 1 saturated heterocycles. The summed E-state index contributed by atoms with van der Waals surface area (Å²) >= 11 is 0. The normalized spacial score (nSPS) is 14.6. The zero-order valence-electron chi connectivity index (χ0n) is 20.6. The van der Waals surface area contributed by atoms with Crippen LogP contribution >= 0.6 is 0 Å². The third-order valence-electron chi connectivity index (χ3n) is 4.92. The second-order valence-electron chi connectivity index (χ2n) is 9.07. The Morgan fingerprint density at radius 2 is 1.71 bits per heavy atom. The van der Waals surface area contributed by atoms with Gasteiger partial charge in [-0.3, -0.25) is 14.9 Å². The van der Waals surface area contributed by atoms with Crippen LogP contribution in [0.1, 0.15) is 64.2 Å². The van der Waals surface area contributed by atoms with Crippen molar-refractivity contribution in [1.29, 1.82) is 0 Å². The van der Waals surface area contributed by atoms with Gasteiger partial charge in [0.15, 0.2) is 24.2 Å². The number of carbonyl (C=O) groups excluding carboxylic acids is 4. The molecule has 2 rings (SSSR count). The van der Waals surface area contributed by atoms with E-state index in [2.05, 4.69) is 10.6 Å². The lowest BCUT2D eigenvalue weighted by Gasteiger charge is -2.26. The Balaban J connectivity index is 1.98. The molecule has 10 heteroatoms. The predicted molar refractivity (Wildman–Crippen MR) is 125 cm³/mol. The molecule has 2 N–H and O–H groups in total. The van der Waals surface area contributed by atoms with E-state index in [9.17, 15) is 19.2 Å². The molecule has 34 heavy (non-hydrogen) atoms. The number of hydrogen-bond donors (Lipinski definition) is 2. The van der Waals surface area contributed by atoms with Crippen molar-refractivity contribution in [1.82, 2.24) is 15.5 Å². The van der Waals surface area contributed by atoms with Crippen molar-refractivity contribution in [2.24, 2.45) is 0 Å². The lowest BCUT2D eigenvalue weighted by atomic mass is 10.1. The number of amides is 4. The van der Waals surface area contributed by atoms with Crippen LogP contribution in [0, 0.1) is 0 Å².